The van der Waals surface area contributed by atoms with Gasteiger partial charge >= 0.3 is 0 Å². The van der Waals surface area contributed by atoms with E-state index in [2.05, 4.69) is 33.8 Å². The summed E-state index contributed by atoms with van der Waals surface area (Å²) in [6.07, 6.45) is 6.54. The summed E-state index contributed by atoms with van der Waals surface area (Å²) in [6, 6.07) is 14.6. The number of nitrogens with zero attached hydrogens (tertiary/aromatic N) is 3. The summed E-state index contributed by atoms with van der Waals surface area (Å²) >= 11 is 1.82. The quantitative estimate of drug-likeness (QED) is 0.139. The lowest BCUT2D eigenvalue weighted by Crippen LogP contribution is -2.60. The van der Waals surface area contributed by atoms with E-state index < -0.39 is 12.1 Å². The van der Waals surface area contributed by atoms with E-state index >= 15 is 0 Å². The number of carbonyl (C=O) groups excluding carboxylic acids is 4. The molecule has 0 radical (unpaired) electrons. The first kappa shape index (κ1) is 33.1. The first-order valence-corrected chi connectivity index (χ1v) is 17.1. The highest BCUT2D eigenvalue weighted by Crippen LogP contribution is 2.39. The molecule has 2 aliphatic rings. The molecule has 240 valence electrons. The summed E-state index contributed by atoms with van der Waals surface area (Å²) < 4.78 is 0.162. The van der Waals surface area contributed by atoms with Gasteiger partial charge in [0.1, 0.15) is 11.9 Å². The topological polar surface area (TPSA) is 128 Å². The molecule has 3 N–H and O–H groups in total. The van der Waals surface area contributed by atoms with Crippen molar-refractivity contribution in [3.63, 3.8) is 0 Å². The summed E-state index contributed by atoms with van der Waals surface area (Å²) in [4.78, 5) is 64.1. The zero-order valence-electron chi connectivity index (χ0n) is 26.1. The molecular formula is C34H43IN6O4. The van der Waals surface area contributed by atoms with Gasteiger partial charge in [-0.05, 0) is 80.3 Å². The molecule has 2 aliphatic heterocycles. The highest BCUT2D eigenvalue weighted by atomic mass is 127. The van der Waals surface area contributed by atoms with Gasteiger partial charge in [0.05, 0.1) is 23.1 Å². The second-order valence-corrected chi connectivity index (χ2v) is 13.4. The average molecular weight is 727 g/mol. The van der Waals surface area contributed by atoms with Gasteiger partial charge in [-0.3, -0.25) is 19.2 Å². The van der Waals surface area contributed by atoms with Gasteiger partial charge in [-0.2, -0.15) is 0 Å². The molecule has 0 unspecified atom stereocenters. The predicted molar refractivity (Wildman–Crippen MR) is 183 cm³/mol. The van der Waals surface area contributed by atoms with Crippen molar-refractivity contribution in [2.45, 2.75) is 88.9 Å². The van der Waals surface area contributed by atoms with Crippen LogP contribution >= 0.6 is 22.6 Å². The molecule has 3 amide bonds. The molecule has 10 nitrogen and oxygen atoms in total. The van der Waals surface area contributed by atoms with Crippen LogP contribution in [0.1, 0.15) is 76.6 Å². The van der Waals surface area contributed by atoms with Crippen LogP contribution in [0.3, 0.4) is 0 Å². The number of nitrogens with one attached hydrogen (secondary N) is 3. The van der Waals surface area contributed by atoms with Crippen LogP contribution in [0.4, 0.5) is 0 Å². The molecule has 2 saturated heterocycles. The standard InChI is InChI=1S/C34H43IN6O4/c1-22(36-2)33(44)38-27-21-40(30(43)16-9-4-3-8-15-29(35)42)20-19-24-17-18-28(41(24)34(27)45)32-37-26-14-10-13-25(31(26)39-32)23-11-6-5-7-12-23/h5-7,10-14,22,24,27-28,36H,3-4,8-9,15-21H2,1-2H3,(H,37,39)(H,38,44)/t22-,24+,27-,28-/m0/s1. The summed E-state index contributed by atoms with van der Waals surface area (Å²) in [7, 11) is 1.70. The van der Waals surface area contributed by atoms with E-state index in [1.165, 1.54) is 0 Å². The third-order valence-corrected chi connectivity index (χ3v) is 9.68. The first-order valence-electron chi connectivity index (χ1n) is 16.1. The van der Waals surface area contributed by atoms with E-state index in [4.69, 9.17) is 4.98 Å². The van der Waals surface area contributed by atoms with Crippen LogP contribution in [0.15, 0.2) is 48.5 Å². The number of imidazole rings is 1. The van der Waals surface area contributed by atoms with Crippen LogP contribution in [-0.4, -0.2) is 79.5 Å². The fourth-order valence-electron chi connectivity index (χ4n) is 6.52. The lowest BCUT2D eigenvalue weighted by Gasteiger charge is -2.39. The largest absolute Gasteiger partial charge is 0.341 e. The summed E-state index contributed by atoms with van der Waals surface area (Å²) in [5, 5.41) is 5.90. The van der Waals surface area contributed by atoms with Crippen LogP contribution in [0.2, 0.25) is 0 Å². The first-order chi connectivity index (χ1) is 21.8. The lowest BCUT2D eigenvalue weighted by atomic mass is 10.0. The molecule has 4 atom stereocenters. The van der Waals surface area contributed by atoms with Gasteiger partial charge < -0.3 is 25.4 Å². The minimum Gasteiger partial charge on any atom is -0.341 e. The van der Waals surface area contributed by atoms with Gasteiger partial charge in [-0.1, -0.05) is 55.3 Å². The number of unbranched alkanes of at least 4 members (excludes halogenated alkanes) is 3. The Hall–Kier alpha value is -3.32. The van der Waals surface area contributed by atoms with Crippen molar-refractivity contribution in [1.29, 1.82) is 0 Å². The monoisotopic (exact) mass is 726 g/mol. The molecule has 45 heavy (non-hydrogen) atoms. The fraction of sp³-hybridized carbons (Fsp3) is 0.500. The number of aromatic amines is 1. The number of amides is 3. The summed E-state index contributed by atoms with van der Waals surface area (Å²) in [6.45, 7) is 2.41. The SMILES string of the molecule is CN[C@@H](C)C(=O)N[C@H]1CN(C(=O)CCCCCCC(=O)I)CC[C@H]2CC[C@@H](c3nc4cccc(-c5ccccc5)c4[nH]3)N2C1=O. The second kappa shape index (κ2) is 15.3. The molecule has 0 bridgehead atoms. The van der Waals surface area contributed by atoms with Crippen molar-refractivity contribution in [3.05, 3.63) is 54.4 Å². The number of carbonyl (C=O) groups is 4. The van der Waals surface area contributed by atoms with Crippen molar-refractivity contribution in [1.82, 2.24) is 30.4 Å². The van der Waals surface area contributed by atoms with Gasteiger partial charge in [0.25, 0.3) is 0 Å². The number of halogens is 1. The number of benzene rings is 2. The van der Waals surface area contributed by atoms with Gasteiger partial charge in [-0.15, -0.1) is 0 Å². The predicted octanol–water partition coefficient (Wildman–Crippen LogP) is 4.89. The fourth-order valence-corrected chi connectivity index (χ4v) is 6.90. The molecule has 2 fully saturated rings. The van der Waals surface area contributed by atoms with E-state index in [1.807, 2.05) is 57.8 Å². The minimum absolute atomic E-state index is 0.00223. The average Bonchev–Trinajstić information content (AvgIpc) is 3.66. The van der Waals surface area contributed by atoms with Crippen LogP contribution in [0, 0.1) is 0 Å². The zero-order chi connectivity index (χ0) is 31.9. The Kier molecular flexibility index (Phi) is 11.2. The third-order valence-electron chi connectivity index (χ3n) is 9.14. The molecule has 3 aromatic rings. The summed E-state index contributed by atoms with van der Waals surface area (Å²) in [5.41, 5.74) is 3.93. The Morgan fingerprint density at radius 3 is 2.49 bits per heavy atom. The second-order valence-electron chi connectivity index (χ2n) is 12.1. The maximum absolute atomic E-state index is 14.4. The van der Waals surface area contributed by atoms with E-state index in [1.54, 1.807) is 18.9 Å². The normalized spacial score (nSPS) is 20.9. The van der Waals surface area contributed by atoms with Gasteiger partial charge in [0.2, 0.25) is 17.7 Å². The van der Waals surface area contributed by atoms with E-state index in [0.717, 1.165) is 66.5 Å². The highest BCUT2D eigenvalue weighted by molar-refractivity contribution is 14.1. The number of H-pyrrole nitrogens is 1. The van der Waals surface area contributed by atoms with Crippen molar-refractivity contribution < 1.29 is 19.2 Å². The number of likely N-dealkylation sites (N-methyl/N-ethyl adjacent to an activating group) is 1. The molecule has 0 spiro atoms. The molecule has 3 heterocycles. The molecule has 0 aliphatic carbocycles. The molecule has 1 aromatic heterocycles. The maximum Gasteiger partial charge on any atom is 0.247 e. The Morgan fingerprint density at radius 1 is 1.00 bits per heavy atom. The lowest BCUT2D eigenvalue weighted by molar-refractivity contribution is -0.144. The number of aromatic nitrogens is 2. The van der Waals surface area contributed by atoms with Gasteiger partial charge in [0.15, 0.2) is 3.79 Å². The van der Waals surface area contributed by atoms with E-state index in [-0.39, 0.29) is 40.1 Å². The Labute approximate surface area is 278 Å². The van der Waals surface area contributed by atoms with Crippen LogP contribution in [0.5, 0.6) is 0 Å². The smallest absolute Gasteiger partial charge is 0.247 e. The molecular weight excluding hydrogens is 683 g/mol. The van der Waals surface area contributed by atoms with Crippen molar-refractivity contribution >= 4 is 55.1 Å². The number of fused-ring (bicyclic) bond motifs is 2. The van der Waals surface area contributed by atoms with Gasteiger partial charge in [0, 0.05) is 37.5 Å². The number of hydrogen-bond acceptors (Lipinski definition) is 6. The van der Waals surface area contributed by atoms with E-state index in [9.17, 15) is 19.2 Å². The molecule has 5 rings (SSSR count). The van der Waals surface area contributed by atoms with Gasteiger partial charge in [-0.25, -0.2) is 4.98 Å². The maximum atomic E-state index is 14.4. The molecule has 11 heteroatoms. The Balaban J connectivity index is 1.36. The van der Waals surface area contributed by atoms with Crippen LogP contribution < -0.4 is 10.6 Å². The van der Waals surface area contributed by atoms with Crippen molar-refractivity contribution in [2.75, 3.05) is 20.1 Å². The number of para-hydroxylation sites is 1. The highest BCUT2D eigenvalue weighted by Gasteiger charge is 2.44. The van der Waals surface area contributed by atoms with Crippen LogP contribution in [0.25, 0.3) is 22.2 Å². The Morgan fingerprint density at radius 2 is 1.76 bits per heavy atom. The zero-order valence-corrected chi connectivity index (χ0v) is 28.2. The minimum atomic E-state index is -0.862. The molecule has 0 saturated carbocycles. The van der Waals surface area contributed by atoms with Crippen LogP contribution in [-0.2, 0) is 19.2 Å². The summed E-state index contributed by atoms with van der Waals surface area (Å²) in [5.74, 6) is 0.291. The number of rotatable bonds is 12. The number of hydrogen-bond donors (Lipinski definition) is 3. The van der Waals surface area contributed by atoms with Crippen molar-refractivity contribution in [3.8, 4) is 11.1 Å². The molecule has 2 aromatic carbocycles. The van der Waals surface area contributed by atoms with Crippen molar-refractivity contribution in [2.24, 2.45) is 0 Å². The third kappa shape index (κ3) is 7.92. The van der Waals surface area contributed by atoms with E-state index in [0.29, 0.717) is 25.8 Å². The Bertz CT molecular complexity index is 1510.